The van der Waals surface area contributed by atoms with E-state index >= 15 is 0 Å². The van der Waals surface area contributed by atoms with Crippen LogP contribution in [0.15, 0.2) is 48.5 Å². The summed E-state index contributed by atoms with van der Waals surface area (Å²) in [6, 6.07) is 12.8. The Bertz CT molecular complexity index is 835. The maximum atomic E-state index is 12.6. The van der Waals surface area contributed by atoms with Crippen molar-refractivity contribution in [3.8, 4) is 5.75 Å². The largest absolute Gasteiger partial charge is 0.497 e. The molecule has 8 heteroatoms. The third-order valence-corrected chi connectivity index (χ3v) is 3.99. The molecule has 0 radical (unpaired) electrons. The number of carbonyl (C=O) groups excluding carboxylic acids is 3. The molecular weight excluding hydrogens is 364 g/mol. The van der Waals surface area contributed by atoms with Crippen LogP contribution < -0.4 is 15.4 Å². The Labute approximate surface area is 162 Å². The second-order valence-corrected chi connectivity index (χ2v) is 5.75. The average molecular weight is 386 g/mol. The van der Waals surface area contributed by atoms with Gasteiger partial charge in [-0.1, -0.05) is 24.3 Å². The second kappa shape index (κ2) is 9.96. The van der Waals surface area contributed by atoms with E-state index in [-0.39, 0.29) is 12.0 Å². The summed E-state index contributed by atoms with van der Waals surface area (Å²) in [5, 5.41) is 5.31. The number of alkyl carbamates (subject to hydrolysis) is 1. The highest BCUT2D eigenvalue weighted by Crippen LogP contribution is 2.22. The molecule has 0 saturated carbocycles. The number of hydrogen-bond acceptors (Lipinski definition) is 6. The molecule has 2 aromatic rings. The zero-order chi connectivity index (χ0) is 20.5. The molecule has 0 bridgehead atoms. The van der Waals surface area contributed by atoms with Gasteiger partial charge < -0.3 is 24.8 Å². The summed E-state index contributed by atoms with van der Waals surface area (Å²) < 4.78 is 14.5. The highest BCUT2D eigenvalue weighted by molar-refractivity contribution is 6.01. The Hall–Kier alpha value is -3.55. The summed E-state index contributed by atoms with van der Waals surface area (Å²) in [6.45, 7) is 0. The summed E-state index contributed by atoms with van der Waals surface area (Å²) in [7, 11) is 4.05. The number of rotatable bonds is 7. The first-order chi connectivity index (χ1) is 13.5. The smallest absolute Gasteiger partial charge is 0.407 e. The lowest BCUT2D eigenvalue weighted by atomic mass is 10.0. The third-order valence-electron chi connectivity index (χ3n) is 3.99. The average Bonchev–Trinajstić information content (AvgIpc) is 2.73. The summed E-state index contributed by atoms with van der Waals surface area (Å²) in [6.07, 6.45) is -0.736. The van der Waals surface area contributed by atoms with E-state index in [1.54, 1.807) is 55.6 Å². The predicted molar refractivity (Wildman–Crippen MR) is 102 cm³/mol. The standard InChI is InChI=1S/C20H22N2O6/c1-26-14-10-8-13(9-11-14)17(22-20(25)28-3)12-18(23)21-16-7-5-4-6-15(16)19(24)27-2/h4-11,17H,12H2,1-3H3,(H,21,23)(H,22,25). The molecule has 1 unspecified atom stereocenters. The maximum absolute atomic E-state index is 12.6. The number of methoxy groups -OCH3 is 3. The van der Waals surface area contributed by atoms with Crippen LogP contribution in [0.1, 0.15) is 28.4 Å². The Morgan fingerprint density at radius 2 is 1.61 bits per heavy atom. The summed E-state index contributed by atoms with van der Waals surface area (Å²) >= 11 is 0. The van der Waals surface area contributed by atoms with Crippen LogP contribution in [0.2, 0.25) is 0 Å². The zero-order valence-corrected chi connectivity index (χ0v) is 15.9. The molecule has 0 aliphatic heterocycles. The van der Waals surface area contributed by atoms with Crippen LogP contribution in [0, 0.1) is 0 Å². The number of carbonyl (C=O) groups is 3. The number of benzene rings is 2. The lowest BCUT2D eigenvalue weighted by Gasteiger charge is -2.19. The molecule has 0 aliphatic rings. The van der Waals surface area contributed by atoms with Crippen LogP contribution in [-0.2, 0) is 14.3 Å². The van der Waals surface area contributed by atoms with Gasteiger partial charge in [0.25, 0.3) is 0 Å². The van der Waals surface area contributed by atoms with Gasteiger partial charge in [-0.05, 0) is 29.8 Å². The van der Waals surface area contributed by atoms with Gasteiger partial charge in [0.1, 0.15) is 5.75 Å². The van der Waals surface area contributed by atoms with Crippen molar-refractivity contribution in [1.29, 1.82) is 0 Å². The molecule has 2 aromatic carbocycles. The lowest BCUT2D eigenvalue weighted by molar-refractivity contribution is -0.116. The van der Waals surface area contributed by atoms with Crippen molar-refractivity contribution in [3.05, 3.63) is 59.7 Å². The van der Waals surface area contributed by atoms with Crippen LogP contribution in [0.4, 0.5) is 10.5 Å². The van der Waals surface area contributed by atoms with Crippen LogP contribution in [0.5, 0.6) is 5.75 Å². The third kappa shape index (κ3) is 5.47. The monoisotopic (exact) mass is 386 g/mol. The van der Waals surface area contributed by atoms with E-state index in [9.17, 15) is 14.4 Å². The molecule has 2 N–H and O–H groups in total. The zero-order valence-electron chi connectivity index (χ0n) is 15.9. The number of ether oxygens (including phenoxy) is 3. The molecule has 0 heterocycles. The van der Waals surface area contributed by atoms with Gasteiger partial charge in [-0.15, -0.1) is 0 Å². The summed E-state index contributed by atoms with van der Waals surface area (Å²) in [5.41, 5.74) is 1.26. The molecule has 0 spiro atoms. The van der Waals surface area contributed by atoms with Gasteiger partial charge in [-0.3, -0.25) is 4.79 Å². The van der Waals surface area contributed by atoms with Crippen LogP contribution >= 0.6 is 0 Å². The fourth-order valence-electron chi connectivity index (χ4n) is 2.56. The Balaban J connectivity index is 2.18. The Morgan fingerprint density at radius 3 is 2.21 bits per heavy atom. The van der Waals surface area contributed by atoms with Gasteiger partial charge in [0.15, 0.2) is 0 Å². The SMILES string of the molecule is COC(=O)NC(CC(=O)Nc1ccccc1C(=O)OC)c1ccc(OC)cc1. The minimum Gasteiger partial charge on any atom is -0.497 e. The molecule has 0 saturated heterocycles. The number of amides is 2. The molecule has 148 valence electrons. The van der Waals surface area contributed by atoms with Gasteiger partial charge in [0.2, 0.25) is 5.91 Å². The van der Waals surface area contributed by atoms with Crippen LogP contribution in [0.3, 0.4) is 0 Å². The normalized spacial score (nSPS) is 11.1. The molecular formula is C20H22N2O6. The Morgan fingerprint density at radius 1 is 0.929 bits per heavy atom. The van der Waals surface area contributed by atoms with Crippen molar-refractivity contribution in [3.63, 3.8) is 0 Å². The highest BCUT2D eigenvalue weighted by Gasteiger charge is 2.20. The van der Waals surface area contributed by atoms with Gasteiger partial charge >= 0.3 is 12.1 Å². The number of esters is 1. The van der Waals surface area contributed by atoms with E-state index in [4.69, 9.17) is 9.47 Å². The highest BCUT2D eigenvalue weighted by atomic mass is 16.5. The van der Waals surface area contributed by atoms with Crippen molar-refractivity contribution in [2.45, 2.75) is 12.5 Å². The second-order valence-electron chi connectivity index (χ2n) is 5.75. The fraction of sp³-hybridized carbons (Fsp3) is 0.250. The quantitative estimate of drug-likeness (QED) is 0.710. The van der Waals surface area contributed by atoms with E-state index in [0.29, 0.717) is 17.0 Å². The number of anilines is 1. The van der Waals surface area contributed by atoms with Gasteiger partial charge in [0, 0.05) is 0 Å². The van der Waals surface area contributed by atoms with E-state index in [1.165, 1.54) is 14.2 Å². The van der Waals surface area contributed by atoms with Crippen molar-refractivity contribution in [2.24, 2.45) is 0 Å². The molecule has 0 fully saturated rings. The van der Waals surface area contributed by atoms with E-state index < -0.39 is 24.0 Å². The molecule has 2 rings (SSSR count). The fourth-order valence-corrected chi connectivity index (χ4v) is 2.56. The number of para-hydroxylation sites is 1. The molecule has 8 nitrogen and oxygen atoms in total. The lowest BCUT2D eigenvalue weighted by Crippen LogP contribution is -2.31. The molecule has 2 amide bonds. The summed E-state index contributed by atoms with van der Waals surface area (Å²) in [5.74, 6) is -0.305. The minimum atomic E-state index is -0.663. The van der Waals surface area contributed by atoms with Crippen molar-refractivity contribution >= 4 is 23.7 Å². The molecule has 0 aromatic heterocycles. The van der Waals surface area contributed by atoms with Crippen molar-refractivity contribution < 1.29 is 28.6 Å². The van der Waals surface area contributed by atoms with E-state index in [1.807, 2.05) is 0 Å². The molecule has 0 aliphatic carbocycles. The minimum absolute atomic E-state index is 0.0725. The Kier molecular flexibility index (Phi) is 7.38. The predicted octanol–water partition coefficient (Wildman–Crippen LogP) is 2.91. The van der Waals surface area contributed by atoms with Crippen LogP contribution in [0.25, 0.3) is 0 Å². The van der Waals surface area contributed by atoms with Crippen molar-refractivity contribution in [2.75, 3.05) is 26.6 Å². The van der Waals surface area contributed by atoms with Gasteiger partial charge in [-0.2, -0.15) is 0 Å². The summed E-state index contributed by atoms with van der Waals surface area (Å²) in [4.78, 5) is 36.1. The van der Waals surface area contributed by atoms with Gasteiger partial charge in [-0.25, -0.2) is 9.59 Å². The van der Waals surface area contributed by atoms with E-state index in [2.05, 4.69) is 15.4 Å². The first-order valence-corrected chi connectivity index (χ1v) is 8.44. The molecule has 28 heavy (non-hydrogen) atoms. The van der Waals surface area contributed by atoms with Crippen LogP contribution in [-0.4, -0.2) is 39.3 Å². The first-order valence-electron chi connectivity index (χ1n) is 8.44. The first kappa shape index (κ1) is 20.8. The van der Waals surface area contributed by atoms with Gasteiger partial charge in [0.05, 0.1) is 45.0 Å². The van der Waals surface area contributed by atoms with E-state index in [0.717, 1.165) is 0 Å². The van der Waals surface area contributed by atoms with Crippen molar-refractivity contribution in [1.82, 2.24) is 5.32 Å². The number of nitrogens with one attached hydrogen (secondary N) is 2. The number of hydrogen-bond donors (Lipinski definition) is 2. The maximum Gasteiger partial charge on any atom is 0.407 e. The molecule has 1 atom stereocenters. The topological polar surface area (TPSA) is 103 Å².